The highest BCUT2D eigenvalue weighted by atomic mass is 16.6. The lowest BCUT2D eigenvalue weighted by Gasteiger charge is -2.62. The average Bonchev–Trinajstić information content (AvgIpc) is 3.56. The highest BCUT2D eigenvalue weighted by Crippen LogP contribution is 2.71. The average molecular weight is 657 g/mol. The SMILES string of the molecule is CC(O)(C1OC1C(C)(O)C(C)(C)CCC1CCNC(N)C1)C1CCC2(O)C3=CC(=O)C4CC(O)CCC4(C4CCCC4)C3CCC12C. The van der Waals surface area contributed by atoms with Gasteiger partial charge in [-0.2, -0.15) is 0 Å². The Bertz CT molecular complexity index is 1260. The van der Waals surface area contributed by atoms with Crippen molar-refractivity contribution < 1.29 is 30.0 Å². The molecule has 266 valence electrons. The maximum absolute atomic E-state index is 14.0. The zero-order valence-corrected chi connectivity index (χ0v) is 29.8. The molecule has 47 heavy (non-hydrogen) atoms. The van der Waals surface area contributed by atoms with Crippen LogP contribution >= 0.6 is 0 Å². The van der Waals surface area contributed by atoms with E-state index >= 15 is 0 Å². The van der Waals surface area contributed by atoms with E-state index in [1.54, 1.807) is 6.08 Å². The number of piperidine rings is 1. The Morgan fingerprint density at radius 2 is 1.68 bits per heavy atom. The number of aliphatic hydroxyl groups is 4. The van der Waals surface area contributed by atoms with Crippen molar-refractivity contribution >= 4 is 5.78 Å². The van der Waals surface area contributed by atoms with E-state index in [9.17, 15) is 25.2 Å². The van der Waals surface area contributed by atoms with Crippen LogP contribution < -0.4 is 11.1 Å². The molecule has 13 atom stereocenters. The van der Waals surface area contributed by atoms with Gasteiger partial charge in [-0.15, -0.1) is 0 Å². The highest BCUT2D eigenvalue weighted by Gasteiger charge is 2.73. The molecular formula is C39H64N2O6. The molecule has 7 rings (SSSR count). The summed E-state index contributed by atoms with van der Waals surface area (Å²) in [5, 5.41) is 51.4. The van der Waals surface area contributed by atoms with E-state index < -0.39 is 45.9 Å². The molecule has 13 unspecified atom stereocenters. The zero-order valence-electron chi connectivity index (χ0n) is 29.8. The molecule has 7 aliphatic rings. The number of carbonyl (C=O) groups is 1. The fourth-order valence-electron chi connectivity index (χ4n) is 12.9. The van der Waals surface area contributed by atoms with Gasteiger partial charge in [0.1, 0.15) is 12.2 Å². The van der Waals surface area contributed by atoms with Gasteiger partial charge in [0.15, 0.2) is 5.78 Å². The molecule has 0 spiro atoms. The summed E-state index contributed by atoms with van der Waals surface area (Å²) in [5.74, 6) is 0.844. The van der Waals surface area contributed by atoms with Crippen LogP contribution in [-0.4, -0.2) is 74.0 Å². The molecule has 4 saturated carbocycles. The van der Waals surface area contributed by atoms with Crippen LogP contribution in [0.15, 0.2) is 11.6 Å². The second-order valence-electron chi connectivity index (χ2n) is 18.8. The quantitative estimate of drug-likeness (QED) is 0.205. The first-order valence-electron chi connectivity index (χ1n) is 19.2. The summed E-state index contributed by atoms with van der Waals surface area (Å²) in [6.07, 6.45) is 13.9. The lowest BCUT2D eigenvalue weighted by Crippen LogP contribution is -2.63. The number of nitrogens with one attached hydrogen (secondary N) is 1. The molecule has 2 saturated heterocycles. The monoisotopic (exact) mass is 656 g/mol. The van der Waals surface area contributed by atoms with Gasteiger partial charge < -0.3 is 36.2 Å². The number of allylic oxidation sites excluding steroid dienone is 1. The van der Waals surface area contributed by atoms with Crippen LogP contribution in [0, 0.1) is 45.8 Å². The molecule has 0 aromatic heterocycles. The van der Waals surface area contributed by atoms with Crippen molar-refractivity contribution in [2.24, 2.45) is 51.6 Å². The molecule has 2 aliphatic heterocycles. The van der Waals surface area contributed by atoms with Crippen LogP contribution in [0.25, 0.3) is 0 Å². The number of hydrogen-bond acceptors (Lipinski definition) is 8. The highest BCUT2D eigenvalue weighted by molar-refractivity contribution is 5.95. The van der Waals surface area contributed by atoms with Crippen LogP contribution in [0.1, 0.15) is 131 Å². The number of carbonyl (C=O) groups excluding carboxylic acids is 1. The van der Waals surface area contributed by atoms with Crippen molar-refractivity contribution in [3.63, 3.8) is 0 Å². The summed E-state index contributed by atoms with van der Waals surface area (Å²) in [6, 6.07) is 0. The third-order valence-electron chi connectivity index (χ3n) is 16.2. The first-order valence-corrected chi connectivity index (χ1v) is 19.2. The van der Waals surface area contributed by atoms with Gasteiger partial charge in [-0.1, -0.05) is 33.6 Å². The molecule has 6 fully saturated rings. The third kappa shape index (κ3) is 5.11. The molecule has 8 nitrogen and oxygen atoms in total. The van der Waals surface area contributed by atoms with E-state index in [-0.39, 0.29) is 35.1 Å². The zero-order chi connectivity index (χ0) is 33.8. The van der Waals surface area contributed by atoms with E-state index in [2.05, 4.69) is 26.1 Å². The maximum Gasteiger partial charge on any atom is 0.159 e. The molecule has 0 aromatic rings. The van der Waals surface area contributed by atoms with Gasteiger partial charge in [0.2, 0.25) is 0 Å². The Morgan fingerprint density at radius 1 is 0.957 bits per heavy atom. The van der Waals surface area contributed by atoms with Gasteiger partial charge in [-0.3, -0.25) is 4.79 Å². The summed E-state index contributed by atoms with van der Waals surface area (Å²) in [4.78, 5) is 14.0. The second kappa shape index (κ2) is 11.6. The molecule has 8 heteroatoms. The van der Waals surface area contributed by atoms with Gasteiger partial charge in [0.05, 0.1) is 29.1 Å². The standard InChI is InChI=1S/C39H64N2O6/c1-34(2,15-10-23-14-19-41-31(40)20-23)37(5,45)33-32(47-33)36(4,44)30-13-18-39(46)27-22-29(43)28-21-25(42)11-17-38(28,24-8-6-7-9-24)26(27)12-16-35(30,39)3/h22-26,28,30-33,41-42,44-46H,6-21,40H2,1-5H3. The smallest absolute Gasteiger partial charge is 0.159 e. The van der Waals surface area contributed by atoms with Gasteiger partial charge in [-0.25, -0.2) is 0 Å². The number of epoxide rings is 1. The summed E-state index contributed by atoms with van der Waals surface area (Å²) in [7, 11) is 0. The van der Waals surface area contributed by atoms with Gasteiger partial charge in [-0.05, 0) is 150 Å². The molecule has 5 aliphatic carbocycles. The van der Waals surface area contributed by atoms with Crippen molar-refractivity contribution in [2.45, 2.75) is 172 Å². The Morgan fingerprint density at radius 3 is 2.38 bits per heavy atom. The molecule has 0 radical (unpaired) electrons. The van der Waals surface area contributed by atoms with Gasteiger partial charge >= 0.3 is 0 Å². The predicted octanol–water partition coefficient (Wildman–Crippen LogP) is 4.75. The minimum Gasteiger partial charge on any atom is -0.393 e. The molecule has 2 heterocycles. The molecular weight excluding hydrogens is 592 g/mol. The second-order valence-corrected chi connectivity index (χ2v) is 18.8. The molecule has 0 amide bonds. The van der Waals surface area contributed by atoms with Crippen LogP contribution in [-0.2, 0) is 9.53 Å². The number of fused-ring (bicyclic) bond motifs is 5. The normalized spacial score (nSPS) is 48.1. The minimum absolute atomic E-state index is 0.0397. The summed E-state index contributed by atoms with van der Waals surface area (Å²) in [5.41, 5.74) is 2.29. The van der Waals surface area contributed by atoms with Gasteiger partial charge in [0.25, 0.3) is 0 Å². The summed E-state index contributed by atoms with van der Waals surface area (Å²) < 4.78 is 6.30. The number of nitrogens with two attached hydrogens (primary N) is 1. The largest absolute Gasteiger partial charge is 0.393 e. The topological polar surface area (TPSA) is 149 Å². The Kier molecular flexibility index (Phi) is 8.52. The first kappa shape index (κ1) is 34.6. The number of hydrogen-bond donors (Lipinski definition) is 6. The van der Waals surface area contributed by atoms with Crippen LogP contribution in [0.3, 0.4) is 0 Å². The first-order chi connectivity index (χ1) is 22.0. The minimum atomic E-state index is -1.25. The van der Waals surface area contributed by atoms with Crippen molar-refractivity contribution in [3.8, 4) is 0 Å². The van der Waals surface area contributed by atoms with E-state index in [1.165, 1.54) is 12.8 Å². The summed E-state index contributed by atoms with van der Waals surface area (Å²) >= 11 is 0. The maximum atomic E-state index is 14.0. The van der Waals surface area contributed by atoms with E-state index in [4.69, 9.17) is 10.5 Å². The van der Waals surface area contributed by atoms with Crippen LogP contribution in [0.5, 0.6) is 0 Å². The van der Waals surface area contributed by atoms with Crippen molar-refractivity contribution in [1.82, 2.24) is 5.32 Å². The lowest BCUT2D eigenvalue weighted by molar-refractivity contribution is -0.162. The number of aliphatic hydroxyl groups excluding tert-OH is 1. The Balaban J connectivity index is 1.11. The van der Waals surface area contributed by atoms with Crippen molar-refractivity contribution in [2.75, 3.05) is 6.54 Å². The predicted molar refractivity (Wildman–Crippen MR) is 181 cm³/mol. The van der Waals surface area contributed by atoms with Crippen LogP contribution in [0.2, 0.25) is 0 Å². The number of ketones is 1. The number of rotatable bonds is 8. The lowest BCUT2D eigenvalue weighted by atomic mass is 9.42. The molecule has 0 bridgehead atoms. The molecule has 7 N–H and O–H groups in total. The molecule has 0 aromatic carbocycles. The van der Waals surface area contributed by atoms with E-state index in [1.807, 2.05) is 13.8 Å². The Labute approximate surface area is 282 Å². The van der Waals surface area contributed by atoms with Crippen molar-refractivity contribution in [1.29, 1.82) is 0 Å². The van der Waals surface area contributed by atoms with Crippen molar-refractivity contribution in [3.05, 3.63) is 11.6 Å². The fourth-order valence-corrected chi connectivity index (χ4v) is 12.9. The fraction of sp³-hybridized carbons (Fsp3) is 0.923. The third-order valence-corrected chi connectivity index (χ3v) is 16.2. The van der Waals surface area contributed by atoms with E-state index in [0.717, 1.165) is 76.3 Å². The Hall–Kier alpha value is -0.870. The van der Waals surface area contributed by atoms with Crippen LogP contribution in [0.4, 0.5) is 0 Å². The summed E-state index contributed by atoms with van der Waals surface area (Å²) in [6.45, 7) is 11.0. The van der Waals surface area contributed by atoms with E-state index in [0.29, 0.717) is 31.1 Å². The number of ether oxygens (including phenoxy) is 1. The van der Waals surface area contributed by atoms with Gasteiger partial charge in [0, 0.05) is 11.3 Å².